The van der Waals surface area contributed by atoms with Crippen LogP contribution in [0.5, 0.6) is 0 Å². The average molecular weight is 189 g/mol. The first-order valence-corrected chi connectivity index (χ1v) is 4.33. The fraction of sp³-hybridized carbons (Fsp3) is 0.200. The monoisotopic (exact) mass is 189 g/mol. The van der Waals surface area contributed by atoms with Crippen molar-refractivity contribution in [3.05, 3.63) is 29.7 Å². The number of rotatable bonds is 1. The molecule has 0 bridgehead atoms. The molecule has 0 aliphatic heterocycles. The van der Waals surface area contributed by atoms with Crippen LogP contribution in [-0.2, 0) is 6.54 Å². The van der Waals surface area contributed by atoms with E-state index in [-0.39, 0.29) is 0 Å². The second-order valence-corrected chi connectivity index (χ2v) is 2.91. The highest BCUT2D eigenvalue weighted by molar-refractivity contribution is 5.84. The molecule has 0 unspecified atom stereocenters. The Labute approximate surface area is 80.4 Å². The number of nitrogens with zero attached hydrogens (tertiary/aromatic N) is 3. The summed E-state index contributed by atoms with van der Waals surface area (Å²) in [6, 6.07) is 6.60. The van der Waals surface area contributed by atoms with E-state index in [0.29, 0.717) is 23.1 Å². The molecule has 14 heavy (non-hydrogen) atoms. The highest BCUT2D eigenvalue weighted by Gasteiger charge is 2.12. The van der Waals surface area contributed by atoms with Crippen LogP contribution in [0.1, 0.15) is 12.6 Å². The Kier molecular flexibility index (Phi) is 1.93. The smallest absolute Gasteiger partial charge is 0.149 e. The lowest BCUT2D eigenvalue weighted by Gasteiger charge is -1.94. The molecule has 0 fully saturated rings. The summed E-state index contributed by atoms with van der Waals surface area (Å²) in [5, 5.41) is 13.3. The van der Waals surface area contributed by atoms with Gasteiger partial charge in [-0.05, 0) is 19.1 Å². The van der Waals surface area contributed by atoms with E-state index in [1.807, 2.05) is 13.0 Å². The molecule has 70 valence electrons. The minimum atomic E-state index is -0.390. The van der Waals surface area contributed by atoms with Crippen LogP contribution in [0.3, 0.4) is 0 Å². The van der Waals surface area contributed by atoms with E-state index in [9.17, 15) is 4.39 Å². The average Bonchev–Trinajstić information content (AvgIpc) is 2.56. The molecule has 0 aliphatic rings. The van der Waals surface area contributed by atoms with E-state index in [1.54, 1.807) is 12.1 Å². The number of nitriles is 1. The Morgan fingerprint density at radius 1 is 1.57 bits per heavy atom. The zero-order valence-corrected chi connectivity index (χ0v) is 7.66. The Bertz CT molecular complexity index is 522. The van der Waals surface area contributed by atoms with Gasteiger partial charge in [-0.2, -0.15) is 10.4 Å². The summed E-state index contributed by atoms with van der Waals surface area (Å²) in [5.74, 6) is -0.390. The van der Waals surface area contributed by atoms with E-state index in [1.165, 1.54) is 10.7 Å². The van der Waals surface area contributed by atoms with Crippen LogP contribution in [-0.4, -0.2) is 9.78 Å². The van der Waals surface area contributed by atoms with Gasteiger partial charge in [-0.15, -0.1) is 0 Å². The number of hydrogen-bond acceptors (Lipinski definition) is 2. The van der Waals surface area contributed by atoms with Crippen molar-refractivity contribution < 1.29 is 4.39 Å². The van der Waals surface area contributed by atoms with Gasteiger partial charge in [-0.3, -0.25) is 4.68 Å². The van der Waals surface area contributed by atoms with Crippen molar-refractivity contribution in [2.24, 2.45) is 0 Å². The summed E-state index contributed by atoms with van der Waals surface area (Å²) >= 11 is 0. The van der Waals surface area contributed by atoms with Gasteiger partial charge in [0.15, 0.2) is 0 Å². The van der Waals surface area contributed by atoms with E-state index < -0.39 is 5.82 Å². The molecule has 1 aromatic carbocycles. The first-order valence-electron chi connectivity index (χ1n) is 4.33. The molecule has 0 saturated carbocycles. The van der Waals surface area contributed by atoms with Gasteiger partial charge < -0.3 is 0 Å². The number of benzene rings is 1. The van der Waals surface area contributed by atoms with Crippen molar-refractivity contribution in [1.82, 2.24) is 9.78 Å². The van der Waals surface area contributed by atoms with Gasteiger partial charge in [0.05, 0.1) is 10.9 Å². The van der Waals surface area contributed by atoms with Gasteiger partial charge in [0.2, 0.25) is 0 Å². The van der Waals surface area contributed by atoms with Crippen molar-refractivity contribution in [3.63, 3.8) is 0 Å². The summed E-state index contributed by atoms with van der Waals surface area (Å²) in [4.78, 5) is 0. The normalized spacial score (nSPS) is 10.4. The lowest BCUT2D eigenvalue weighted by atomic mass is 10.2. The molecule has 0 spiro atoms. The predicted octanol–water partition coefficient (Wildman–Crippen LogP) is 2.07. The van der Waals surface area contributed by atoms with Crippen molar-refractivity contribution in [2.45, 2.75) is 13.5 Å². The number of halogens is 1. The first kappa shape index (κ1) is 8.70. The summed E-state index contributed by atoms with van der Waals surface area (Å²) in [7, 11) is 0. The molecule has 3 nitrogen and oxygen atoms in total. The minimum Gasteiger partial charge on any atom is -0.254 e. The van der Waals surface area contributed by atoms with Crippen LogP contribution in [0.15, 0.2) is 18.2 Å². The van der Waals surface area contributed by atoms with Crippen LogP contribution in [0.2, 0.25) is 0 Å². The Morgan fingerprint density at radius 2 is 2.36 bits per heavy atom. The number of aryl methyl sites for hydroxylation is 1. The van der Waals surface area contributed by atoms with Crippen LogP contribution in [0, 0.1) is 17.1 Å². The van der Waals surface area contributed by atoms with Gasteiger partial charge in [-0.1, -0.05) is 6.07 Å². The van der Waals surface area contributed by atoms with Gasteiger partial charge in [0.1, 0.15) is 17.6 Å². The minimum absolute atomic E-state index is 0.292. The van der Waals surface area contributed by atoms with Crippen molar-refractivity contribution in [3.8, 4) is 6.07 Å². The molecule has 2 rings (SSSR count). The number of fused-ring (bicyclic) bond motifs is 1. The second-order valence-electron chi connectivity index (χ2n) is 2.91. The Balaban J connectivity index is 2.90. The molecule has 0 aliphatic carbocycles. The molecule has 2 aromatic rings. The van der Waals surface area contributed by atoms with Crippen molar-refractivity contribution in [1.29, 1.82) is 5.26 Å². The second kappa shape index (κ2) is 3.11. The topological polar surface area (TPSA) is 41.6 Å². The van der Waals surface area contributed by atoms with E-state index in [2.05, 4.69) is 5.10 Å². The highest BCUT2D eigenvalue weighted by Crippen LogP contribution is 2.20. The standard InChI is InChI=1S/C10H8FN3/c1-2-14-9(6-12)10-7(11)4-3-5-8(10)13-14/h3-5H,2H2,1H3. The lowest BCUT2D eigenvalue weighted by molar-refractivity contribution is 0.636. The van der Waals surface area contributed by atoms with E-state index in [4.69, 9.17) is 5.26 Å². The zero-order chi connectivity index (χ0) is 10.1. The summed E-state index contributed by atoms with van der Waals surface area (Å²) < 4.78 is 14.9. The maximum atomic E-state index is 13.4. The molecule has 4 heteroatoms. The first-order chi connectivity index (χ1) is 6.77. The van der Waals surface area contributed by atoms with Crippen molar-refractivity contribution >= 4 is 10.9 Å². The molecule has 0 saturated heterocycles. The summed E-state index contributed by atoms with van der Waals surface area (Å²) in [6.07, 6.45) is 0. The van der Waals surface area contributed by atoms with Gasteiger partial charge in [0.25, 0.3) is 0 Å². The molecule has 1 heterocycles. The molecule has 0 radical (unpaired) electrons. The van der Waals surface area contributed by atoms with Crippen LogP contribution >= 0.6 is 0 Å². The number of hydrogen-bond donors (Lipinski definition) is 0. The third-order valence-electron chi connectivity index (χ3n) is 2.12. The molecule has 1 aromatic heterocycles. The van der Waals surface area contributed by atoms with E-state index in [0.717, 1.165) is 0 Å². The Hall–Kier alpha value is -1.89. The molecular weight excluding hydrogens is 181 g/mol. The molecule has 0 N–H and O–H groups in total. The van der Waals surface area contributed by atoms with Crippen LogP contribution < -0.4 is 0 Å². The van der Waals surface area contributed by atoms with E-state index >= 15 is 0 Å². The largest absolute Gasteiger partial charge is 0.254 e. The molecular formula is C10H8FN3. The predicted molar refractivity (Wildman–Crippen MR) is 50.1 cm³/mol. The van der Waals surface area contributed by atoms with Gasteiger partial charge in [-0.25, -0.2) is 4.39 Å². The summed E-state index contributed by atoms with van der Waals surface area (Å²) in [6.45, 7) is 2.43. The number of aromatic nitrogens is 2. The SMILES string of the molecule is CCn1nc2cccc(F)c2c1C#N. The van der Waals surface area contributed by atoms with Gasteiger partial charge >= 0.3 is 0 Å². The third kappa shape index (κ3) is 1.06. The van der Waals surface area contributed by atoms with Gasteiger partial charge in [0, 0.05) is 6.54 Å². The summed E-state index contributed by atoms with van der Waals surface area (Å²) in [5.41, 5.74) is 0.823. The third-order valence-corrected chi connectivity index (χ3v) is 2.12. The Morgan fingerprint density at radius 3 is 3.00 bits per heavy atom. The maximum Gasteiger partial charge on any atom is 0.149 e. The zero-order valence-electron chi connectivity index (χ0n) is 7.66. The van der Waals surface area contributed by atoms with Crippen LogP contribution in [0.4, 0.5) is 4.39 Å². The lowest BCUT2D eigenvalue weighted by Crippen LogP contribution is -1.98. The molecule has 0 amide bonds. The fourth-order valence-electron chi connectivity index (χ4n) is 1.48. The van der Waals surface area contributed by atoms with Crippen molar-refractivity contribution in [2.75, 3.05) is 0 Å². The quantitative estimate of drug-likeness (QED) is 0.689. The molecule has 0 atom stereocenters. The fourth-order valence-corrected chi connectivity index (χ4v) is 1.48. The highest BCUT2D eigenvalue weighted by atomic mass is 19.1. The van der Waals surface area contributed by atoms with Crippen LogP contribution in [0.25, 0.3) is 10.9 Å². The maximum absolute atomic E-state index is 13.4.